The van der Waals surface area contributed by atoms with Gasteiger partial charge in [-0.05, 0) is 30.3 Å². The summed E-state index contributed by atoms with van der Waals surface area (Å²) in [4.78, 5) is 12.8. The second kappa shape index (κ2) is 7.09. The van der Waals surface area contributed by atoms with E-state index in [4.69, 9.17) is 4.98 Å². The van der Waals surface area contributed by atoms with E-state index in [0.717, 1.165) is 56.0 Å². The van der Waals surface area contributed by atoms with Crippen LogP contribution in [0.15, 0.2) is 73.2 Å². The number of aromatic amines is 2. The molecule has 0 saturated heterocycles. The lowest BCUT2D eigenvalue weighted by molar-refractivity contribution is 0.509. The Balaban J connectivity index is 1.54. The predicted octanol–water partition coefficient (Wildman–Crippen LogP) is 6.14. The van der Waals surface area contributed by atoms with Crippen LogP contribution in [0.4, 0.5) is 5.69 Å². The van der Waals surface area contributed by atoms with Crippen LogP contribution in [0.3, 0.4) is 0 Å². The third-order valence-corrected chi connectivity index (χ3v) is 5.43. The maximum atomic E-state index is 4.92. The molecule has 0 unspecified atom stereocenters. The summed E-state index contributed by atoms with van der Waals surface area (Å²) in [7, 11) is 0. The van der Waals surface area contributed by atoms with Crippen molar-refractivity contribution >= 4 is 27.6 Å². The van der Waals surface area contributed by atoms with Crippen molar-refractivity contribution in [1.82, 2.24) is 25.1 Å². The zero-order chi connectivity index (χ0) is 21.6. The van der Waals surface area contributed by atoms with Crippen molar-refractivity contribution in [3.63, 3.8) is 0 Å². The summed E-state index contributed by atoms with van der Waals surface area (Å²) in [6.45, 7) is 10.5. The maximum Gasteiger partial charge on any atom is 0.135 e. The number of aromatic nitrogens is 5. The van der Waals surface area contributed by atoms with E-state index in [-0.39, 0.29) is 5.41 Å². The van der Waals surface area contributed by atoms with E-state index in [2.05, 4.69) is 71.0 Å². The Morgan fingerprint density at radius 2 is 1.84 bits per heavy atom. The van der Waals surface area contributed by atoms with Crippen molar-refractivity contribution < 1.29 is 0 Å². The van der Waals surface area contributed by atoms with Crippen LogP contribution < -0.4 is 5.32 Å². The molecule has 0 bridgehead atoms. The van der Waals surface area contributed by atoms with E-state index in [1.807, 2.05) is 36.5 Å². The van der Waals surface area contributed by atoms with Crippen molar-refractivity contribution in [1.29, 1.82) is 0 Å². The molecule has 0 amide bonds. The summed E-state index contributed by atoms with van der Waals surface area (Å²) >= 11 is 0. The fourth-order valence-electron chi connectivity index (χ4n) is 3.46. The molecule has 0 saturated carbocycles. The Labute approximate surface area is 180 Å². The first-order valence-corrected chi connectivity index (χ1v) is 10.2. The van der Waals surface area contributed by atoms with Gasteiger partial charge in [0.2, 0.25) is 0 Å². The van der Waals surface area contributed by atoms with Gasteiger partial charge in [0.25, 0.3) is 0 Å². The topological polar surface area (TPSA) is 82.3 Å². The molecule has 4 aromatic heterocycles. The molecule has 0 aliphatic heterocycles. The Bertz CT molecular complexity index is 1380. The van der Waals surface area contributed by atoms with Crippen LogP contribution in [-0.4, -0.2) is 25.1 Å². The number of para-hydroxylation sites is 1. The van der Waals surface area contributed by atoms with Crippen LogP contribution >= 0.6 is 0 Å². The van der Waals surface area contributed by atoms with Gasteiger partial charge in [-0.1, -0.05) is 45.5 Å². The largest absolute Gasteiger partial charge is 0.358 e. The maximum absolute atomic E-state index is 4.92. The Kier molecular flexibility index (Phi) is 4.36. The molecule has 6 nitrogen and oxygen atoms in total. The molecule has 6 heteroatoms. The summed E-state index contributed by atoms with van der Waals surface area (Å²) in [6.07, 6.45) is 3.62. The van der Waals surface area contributed by atoms with Crippen LogP contribution in [0.1, 0.15) is 20.8 Å². The number of hydrogen-bond donors (Lipinski definition) is 3. The highest BCUT2D eigenvalue weighted by molar-refractivity contribution is 5.94. The third kappa shape index (κ3) is 3.57. The first-order valence-electron chi connectivity index (χ1n) is 10.2. The Morgan fingerprint density at radius 3 is 2.65 bits per heavy atom. The molecule has 154 valence electrons. The van der Waals surface area contributed by atoms with Gasteiger partial charge in [-0.2, -0.15) is 5.10 Å². The molecular formula is C25H24N6. The summed E-state index contributed by atoms with van der Waals surface area (Å²) in [5.41, 5.74) is 8.07. The monoisotopic (exact) mass is 408 g/mol. The van der Waals surface area contributed by atoms with Crippen LogP contribution in [0.2, 0.25) is 0 Å². The van der Waals surface area contributed by atoms with Crippen LogP contribution in [0, 0.1) is 5.41 Å². The first kappa shape index (κ1) is 19.1. The van der Waals surface area contributed by atoms with Gasteiger partial charge in [0.1, 0.15) is 11.2 Å². The number of nitrogens with zero attached hydrogens (tertiary/aromatic N) is 3. The third-order valence-electron chi connectivity index (χ3n) is 5.43. The fourth-order valence-corrected chi connectivity index (χ4v) is 3.46. The average Bonchev–Trinajstić information content (AvgIpc) is 3.36. The number of anilines is 1. The normalized spacial score (nSPS) is 11.8. The predicted molar refractivity (Wildman–Crippen MR) is 127 cm³/mol. The molecule has 31 heavy (non-hydrogen) atoms. The van der Waals surface area contributed by atoms with E-state index in [1.165, 1.54) is 0 Å². The summed E-state index contributed by atoms with van der Waals surface area (Å²) < 4.78 is 0. The molecular weight excluding hydrogens is 384 g/mol. The molecule has 3 N–H and O–H groups in total. The van der Waals surface area contributed by atoms with Gasteiger partial charge in [-0.15, -0.1) is 0 Å². The quantitative estimate of drug-likeness (QED) is 0.334. The number of H-pyrrole nitrogens is 2. The molecule has 1 aromatic carbocycles. The van der Waals surface area contributed by atoms with Crippen LogP contribution in [-0.2, 0) is 0 Å². The number of allylic oxidation sites excluding steroid dienone is 1. The standard InChI is InChI=1S/C25H24N6/c1-15(25(2,3)4)27-18-11-17(13-26-14-18)20-9-10-21-23(29-20)24(31-30-21)22-12-16-7-5-6-8-19(16)28-22/h5-14,27-28H,1H2,2-4H3,(H,30,31). The Morgan fingerprint density at radius 1 is 1.00 bits per heavy atom. The number of pyridine rings is 2. The first-order chi connectivity index (χ1) is 14.9. The highest BCUT2D eigenvalue weighted by Gasteiger charge is 2.16. The molecule has 0 radical (unpaired) electrons. The van der Waals surface area contributed by atoms with Crippen molar-refractivity contribution in [2.45, 2.75) is 20.8 Å². The number of hydrogen-bond acceptors (Lipinski definition) is 4. The zero-order valence-corrected chi connectivity index (χ0v) is 17.8. The van der Waals surface area contributed by atoms with Crippen molar-refractivity contribution in [3.8, 4) is 22.6 Å². The van der Waals surface area contributed by atoms with Gasteiger partial charge in [0.15, 0.2) is 0 Å². The number of benzene rings is 1. The summed E-state index contributed by atoms with van der Waals surface area (Å²) in [5.74, 6) is 0. The number of nitrogens with one attached hydrogen (secondary N) is 3. The van der Waals surface area contributed by atoms with E-state index in [1.54, 1.807) is 6.20 Å². The van der Waals surface area contributed by atoms with E-state index >= 15 is 0 Å². The molecule has 0 aliphatic rings. The average molecular weight is 409 g/mol. The van der Waals surface area contributed by atoms with Crippen molar-refractivity contribution in [2.75, 3.05) is 5.32 Å². The second-order valence-corrected chi connectivity index (χ2v) is 8.75. The van der Waals surface area contributed by atoms with E-state index < -0.39 is 0 Å². The lowest BCUT2D eigenvalue weighted by Crippen LogP contribution is -2.15. The fraction of sp³-hybridized carbons (Fsp3) is 0.160. The Hall–Kier alpha value is -3.93. The van der Waals surface area contributed by atoms with Gasteiger partial charge >= 0.3 is 0 Å². The molecule has 0 aliphatic carbocycles. The summed E-state index contributed by atoms with van der Waals surface area (Å²) in [5, 5.41) is 12.1. The van der Waals surface area contributed by atoms with Crippen LogP contribution in [0.25, 0.3) is 44.6 Å². The van der Waals surface area contributed by atoms with Gasteiger partial charge < -0.3 is 10.3 Å². The second-order valence-electron chi connectivity index (χ2n) is 8.75. The lowest BCUT2D eigenvalue weighted by Gasteiger charge is -2.23. The smallest absolute Gasteiger partial charge is 0.135 e. The number of rotatable bonds is 4. The van der Waals surface area contributed by atoms with Crippen molar-refractivity contribution in [2.24, 2.45) is 5.41 Å². The van der Waals surface area contributed by atoms with Gasteiger partial charge in [-0.25, -0.2) is 4.98 Å². The SMILES string of the molecule is C=C(Nc1cncc(-c2ccc3[nH]nc(-c4cc5ccccc5[nH]4)c3n2)c1)C(C)(C)C. The van der Waals surface area contributed by atoms with Crippen molar-refractivity contribution in [3.05, 3.63) is 73.2 Å². The zero-order valence-electron chi connectivity index (χ0n) is 17.8. The minimum absolute atomic E-state index is 0.0432. The van der Waals surface area contributed by atoms with Gasteiger partial charge in [-0.3, -0.25) is 10.1 Å². The highest BCUT2D eigenvalue weighted by Crippen LogP contribution is 2.30. The molecule has 0 spiro atoms. The minimum Gasteiger partial charge on any atom is -0.358 e. The van der Waals surface area contributed by atoms with E-state index in [9.17, 15) is 0 Å². The highest BCUT2D eigenvalue weighted by atomic mass is 15.1. The van der Waals surface area contributed by atoms with Gasteiger partial charge in [0, 0.05) is 33.8 Å². The molecule has 0 fully saturated rings. The van der Waals surface area contributed by atoms with Crippen LogP contribution in [0.5, 0.6) is 0 Å². The minimum atomic E-state index is -0.0432. The number of fused-ring (bicyclic) bond motifs is 2. The molecule has 5 rings (SSSR count). The molecule has 4 heterocycles. The lowest BCUT2D eigenvalue weighted by atomic mass is 9.93. The molecule has 0 atom stereocenters. The summed E-state index contributed by atoms with van der Waals surface area (Å²) in [6, 6.07) is 16.3. The van der Waals surface area contributed by atoms with Gasteiger partial charge in [0.05, 0.1) is 28.8 Å². The van der Waals surface area contributed by atoms with E-state index in [0.29, 0.717) is 0 Å². The molecule has 5 aromatic rings.